The van der Waals surface area contributed by atoms with Gasteiger partial charge in [0.05, 0.1) is 6.04 Å². The summed E-state index contributed by atoms with van der Waals surface area (Å²) in [6, 6.07) is 16.4. The molecule has 1 aromatic carbocycles. The Hall–Kier alpha value is -3.12. The smallest absolute Gasteiger partial charge is 0.244 e. The number of nitrogens with one attached hydrogen (secondary N) is 1. The standard InChI is InChI=1S/C24H26N4OS/c1-19(26-24(29)9-8-20-10-16-30-18-20)21-5-4-6-22(17-21)27-12-14-28(15-13-27)23-7-2-3-11-25-23/h2-11,16-19H,12-15H2,1H3,(H,26,29)/b9-8-/t19-/m0/s1. The maximum Gasteiger partial charge on any atom is 0.244 e. The van der Waals surface area contributed by atoms with Crippen LogP contribution < -0.4 is 15.1 Å². The Morgan fingerprint density at radius 1 is 1.10 bits per heavy atom. The van der Waals surface area contributed by atoms with Crippen molar-refractivity contribution in [2.24, 2.45) is 0 Å². The van der Waals surface area contributed by atoms with Crippen molar-refractivity contribution in [3.8, 4) is 0 Å². The molecule has 4 rings (SSSR count). The quantitative estimate of drug-likeness (QED) is 0.604. The van der Waals surface area contributed by atoms with Gasteiger partial charge in [0.15, 0.2) is 0 Å². The molecule has 1 amide bonds. The minimum atomic E-state index is -0.0805. The third-order valence-electron chi connectivity index (χ3n) is 5.32. The number of aromatic nitrogens is 1. The number of carbonyl (C=O) groups excluding carboxylic acids is 1. The largest absolute Gasteiger partial charge is 0.368 e. The molecule has 3 heterocycles. The Bertz CT molecular complexity index is 979. The van der Waals surface area contributed by atoms with Crippen LogP contribution in [0.4, 0.5) is 11.5 Å². The highest BCUT2D eigenvalue weighted by Gasteiger charge is 2.19. The first-order chi connectivity index (χ1) is 14.7. The molecule has 0 spiro atoms. The highest BCUT2D eigenvalue weighted by Crippen LogP contribution is 2.23. The second-order valence-corrected chi connectivity index (χ2v) is 8.16. The van der Waals surface area contributed by atoms with Gasteiger partial charge in [0.1, 0.15) is 5.82 Å². The fourth-order valence-electron chi connectivity index (χ4n) is 3.61. The van der Waals surface area contributed by atoms with Gasteiger partial charge >= 0.3 is 0 Å². The van der Waals surface area contributed by atoms with Crippen LogP contribution in [0.3, 0.4) is 0 Å². The van der Waals surface area contributed by atoms with Crippen LogP contribution in [-0.2, 0) is 4.79 Å². The summed E-state index contributed by atoms with van der Waals surface area (Å²) in [5.74, 6) is 0.959. The molecule has 0 aliphatic carbocycles. The van der Waals surface area contributed by atoms with E-state index in [1.54, 1.807) is 17.4 Å². The van der Waals surface area contributed by atoms with Crippen molar-refractivity contribution in [1.29, 1.82) is 0 Å². The first-order valence-electron chi connectivity index (χ1n) is 10.2. The average molecular weight is 419 g/mol. The van der Waals surface area contributed by atoms with E-state index >= 15 is 0 Å². The molecule has 1 atom stereocenters. The van der Waals surface area contributed by atoms with Gasteiger partial charge in [-0.2, -0.15) is 11.3 Å². The van der Waals surface area contributed by atoms with Gasteiger partial charge in [-0.1, -0.05) is 18.2 Å². The Morgan fingerprint density at radius 3 is 2.67 bits per heavy atom. The molecular formula is C24H26N4OS. The molecule has 5 nitrogen and oxygen atoms in total. The van der Waals surface area contributed by atoms with Gasteiger partial charge in [0.25, 0.3) is 0 Å². The van der Waals surface area contributed by atoms with Gasteiger partial charge in [-0.3, -0.25) is 4.79 Å². The molecule has 1 saturated heterocycles. The van der Waals surface area contributed by atoms with Crippen molar-refractivity contribution in [1.82, 2.24) is 10.3 Å². The van der Waals surface area contributed by atoms with Crippen LogP contribution in [-0.4, -0.2) is 37.1 Å². The van der Waals surface area contributed by atoms with E-state index < -0.39 is 0 Å². The van der Waals surface area contributed by atoms with E-state index in [1.165, 1.54) is 5.69 Å². The van der Waals surface area contributed by atoms with Crippen LogP contribution in [0.2, 0.25) is 0 Å². The predicted molar refractivity (Wildman–Crippen MR) is 125 cm³/mol. The molecule has 6 heteroatoms. The van der Waals surface area contributed by atoms with Crippen LogP contribution in [0.5, 0.6) is 0 Å². The normalized spacial score (nSPS) is 15.4. The van der Waals surface area contributed by atoms with Gasteiger partial charge in [-0.15, -0.1) is 0 Å². The molecule has 0 unspecified atom stereocenters. The fraction of sp³-hybridized carbons (Fsp3) is 0.250. The number of anilines is 2. The zero-order valence-electron chi connectivity index (χ0n) is 17.1. The molecule has 154 valence electrons. The summed E-state index contributed by atoms with van der Waals surface area (Å²) >= 11 is 1.62. The summed E-state index contributed by atoms with van der Waals surface area (Å²) in [6.45, 7) is 5.81. The van der Waals surface area contributed by atoms with Crippen molar-refractivity contribution in [2.75, 3.05) is 36.0 Å². The average Bonchev–Trinajstić information content (AvgIpc) is 3.32. The second kappa shape index (κ2) is 9.59. The molecule has 0 saturated carbocycles. The highest BCUT2D eigenvalue weighted by molar-refractivity contribution is 7.08. The maximum atomic E-state index is 12.3. The third-order valence-corrected chi connectivity index (χ3v) is 6.02. The second-order valence-electron chi connectivity index (χ2n) is 7.38. The van der Waals surface area contributed by atoms with E-state index in [2.05, 4.69) is 50.4 Å². The van der Waals surface area contributed by atoms with E-state index in [0.29, 0.717) is 0 Å². The predicted octanol–water partition coefficient (Wildman–Crippen LogP) is 4.36. The number of amides is 1. The molecule has 3 aromatic rings. The summed E-state index contributed by atoms with van der Waals surface area (Å²) in [4.78, 5) is 21.4. The Labute approximate surface area is 181 Å². The van der Waals surface area contributed by atoms with E-state index in [-0.39, 0.29) is 11.9 Å². The monoisotopic (exact) mass is 418 g/mol. The molecule has 1 fully saturated rings. The topological polar surface area (TPSA) is 48.5 Å². The van der Waals surface area contributed by atoms with E-state index in [9.17, 15) is 4.79 Å². The minimum absolute atomic E-state index is 0.0561. The lowest BCUT2D eigenvalue weighted by atomic mass is 10.1. The molecule has 1 aliphatic heterocycles. The molecule has 1 aliphatic rings. The number of pyridine rings is 1. The molecule has 0 bridgehead atoms. The first kappa shape index (κ1) is 20.2. The zero-order valence-corrected chi connectivity index (χ0v) is 17.9. The summed E-state index contributed by atoms with van der Waals surface area (Å²) in [5.41, 5.74) is 3.36. The molecular weight excluding hydrogens is 392 g/mol. The third kappa shape index (κ3) is 5.07. The first-order valence-corrected chi connectivity index (χ1v) is 11.1. The highest BCUT2D eigenvalue weighted by atomic mass is 32.1. The van der Waals surface area contributed by atoms with E-state index in [4.69, 9.17) is 0 Å². The van der Waals surface area contributed by atoms with E-state index in [1.807, 2.05) is 48.2 Å². The molecule has 2 aromatic heterocycles. The number of benzene rings is 1. The zero-order chi connectivity index (χ0) is 20.8. The van der Waals surface area contributed by atoms with Gasteiger partial charge < -0.3 is 15.1 Å². The molecule has 1 N–H and O–H groups in total. The number of rotatable bonds is 6. The number of hydrogen-bond acceptors (Lipinski definition) is 5. The Balaban J connectivity index is 1.35. The Morgan fingerprint density at radius 2 is 1.93 bits per heavy atom. The van der Waals surface area contributed by atoms with Crippen LogP contribution in [0.25, 0.3) is 6.08 Å². The summed E-state index contributed by atoms with van der Waals surface area (Å²) in [6.07, 6.45) is 5.28. The van der Waals surface area contributed by atoms with Crippen molar-refractivity contribution in [3.63, 3.8) is 0 Å². The van der Waals surface area contributed by atoms with Gasteiger partial charge in [-0.25, -0.2) is 4.98 Å². The van der Waals surface area contributed by atoms with Gasteiger partial charge in [0, 0.05) is 44.1 Å². The van der Waals surface area contributed by atoms with Crippen molar-refractivity contribution >= 4 is 34.8 Å². The lowest BCUT2D eigenvalue weighted by Crippen LogP contribution is -2.46. The number of thiophene rings is 1. The summed E-state index contributed by atoms with van der Waals surface area (Å²) in [5, 5.41) is 7.08. The SMILES string of the molecule is C[C@H](NC(=O)/C=C\c1ccsc1)c1cccc(N2CCN(c3ccccn3)CC2)c1. The van der Waals surface area contributed by atoms with Crippen LogP contribution in [0.15, 0.2) is 71.6 Å². The number of nitrogens with zero attached hydrogens (tertiary/aromatic N) is 3. The minimum Gasteiger partial charge on any atom is -0.368 e. The molecule has 0 radical (unpaired) electrons. The summed E-state index contributed by atoms with van der Waals surface area (Å²) in [7, 11) is 0. The summed E-state index contributed by atoms with van der Waals surface area (Å²) < 4.78 is 0. The number of carbonyl (C=O) groups is 1. The lowest BCUT2D eigenvalue weighted by Gasteiger charge is -2.37. The van der Waals surface area contributed by atoms with Crippen molar-refractivity contribution in [2.45, 2.75) is 13.0 Å². The van der Waals surface area contributed by atoms with Gasteiger partial charge in [-0.05, 0) is 65.2 Å². The van der Waals surface area contributed by atoms with Crippen molar-refractivity contribution < 1.29 is 4.79 Å². The number of piperazine rings is 1. The lowest BCUT2D eigenvalue weighted by molar-refractivity contribution is -0.117. The van der Waals surface area contributed by atoms with Crippen molar-refractivity contribution in [3.05, 3.63) is 82.7 Å². The fourth-order valence-corrected chi connectivity index (χ4v) is 4.24. The maximum absolute atomic E-state index is 12.3. The van der Waals surface area contributed by atoms with Crippen LogP contribution in [0.1, 0.15) is 24.1 Å². The van der Waals surface area contributed by atoms with Crippen LogP contribution in [0, 0.1) is 0 Å². The van der Waals surface area contributed by atoms with Crippen LogP contribution >= 0.6 is 11.3 Å². The molecule has 30 heavy (non-hydrogen) atoms. The number of hydrogen-bond donors (Lipinski definition) is 1. The Kier molecular flexibility index (Phi) is 6.44. The van der Waals surface area contributed by atoms with Gasteiger partial charge in [0.2, 0.25) is 5.91 Å². The van der Waals surface area contributed by atoms with E-state index in [0.717, 1.165) is 43.1 Å².